The summed E-state index contributed by atoms with van der Waals surface area (Å²) >= 11 is 3.25. The van der Waals surface area contributed by atoms with Crippen molar-refractivity contribution in [3.8, 4) is 11.1 Å². The summed E-state index contributed by atoms with van der Waals surface area (Å²) in [5, 5.41) is 18.2. The molecule has 1 aliphatic heterocycles. The van der Waals surface area contributed by atoms with Gasteiger partial charge in [-0.1, -0.05) is 12.1 Å². The Morgan fingerprint density at radius 2 is 1.97 bits per heavy atom. The molecule has 1 aromatic carbocycles. The van der Waals surface area contributed by atoms with Gasteiger partial charge in [0.15, 0.2) is 0 Å². The average molecular weight is 582 g/mol. The average Bonchev–Trinajstić information content (AvgIpc) is 3.45. The molecule has 2 N–H and O–H groups in total. The third kappa shape index (κ3) is 5.27. The second kappa shape index (κ2) is 10.5. The van der Waals surface area contributed by atoms with Gasteiger partial charge < -0.3 is 15.3 Å². The van der Waals surface area contributed by atoms with Crippen molar-refractivity contribution in [3.63, 3.8) is 0 Å². The fourth-order valence-electron chi connectivity index (χ4n) is 4.57. The molecule has 0 bridgehead atoms. The number of hydrogen-bond acceptors (Lipinski definition) is 7. The summed E-state index contributed by atoms with van der Waals surface area (Å²) in [6.07, 6.45) is 1.11. The lowest BCUT2D eigenvalue weighted by molar-refractivity contribution is -0.137. The van der Waals surface area contributed by atoms with Crippen LogP contribution in [-0.2, 0) is 16.1 Å². The Morgan fingerprint density at radius 1 is 1.21 bits per heavy atom. The highest BCUT2D eigenvalue weighted by Gasteiger charge is 2.40. The molecule has 2 unspecified atom stereocenters. The molecule has 12 heteroatoms. The highest BCUT2D eigenvalue weighted by Crippen LogP contribution is 2.30. The number of aryl methyl sites for hydroxylation is 1. The second-order valence-electron chi connectivity index (χ2n) is 9.20. The smallest absolute Gasteiger partial charge is 0.248 e. The third-order valence-corrected chi connectivity index (χ3v) is 6.86. The van der Waals surface area contributed by atoms with Crippen LogP contribution in [0.3, 0.4) is 0 Å². The number of halogens is 2. The number of carbonyl (C=O) groups is 2. The van der Waals surface area contributed by atoms with E-state index in [0.717, 1.165) is 11.1 Å². The number of alkyl halides is 1. The van der Waals surface area contributed by atoms with E-state index in [-0.39, 0.29) is 19.5 Å². The van der Waals surface area contributed by atoms with Gasteiger partial charge in [-0.2, -0.15) is 5.10 Å². The largest absolute Gasteiger partial charge is 0.387 e. The second-order valence-corrected chi connectivity index (χ2v) is 10.0. The van der Waals surface area contributed by atoms with Crippen molar-refractivity contribution in [2.45, 2.75) is 45.1 Å². The minimum absolute atomic E-state index is 0.105. The van der Waals surface area contributed by atoms with Crippen molar-refractivity contribution in [2.75, 3.05) is 11.9 Å². The number of fused-ring (bicyclic) bond motifs is 1. The van der Waals surface area contributed by atoms with Crippen LogP contribution < -0.4 is 5.32 Å². The third-order valence-electron chi connectivity index (χ3n) is 6.41. The first kappa shape index (κ1) is 25.9. The van der Waals surface area contributed by atoms with Gasteiger partial charge in [0.25, 0.3) is 0 Å². The molecule has 4 aromatic rings. The van der Waals surface area contributed by atoms with E-state index in [2.05, 4.69) is 41.3 Å². The number of aliphatic hydroxyl groups excluding tert-OH is 1. The number of pyridine rings is 1. The van der Waals surface area contributed by atoms with Gasteiger partial charge in [0, 0.05) is 29.8 Å². The molecule has 196 valence electrons. The van der Waals surface area contributed by atoms with Gasteiger partial charge >= 0.3 is 0 Å². The van der Waals surface area contributed by atoms with E-state index in [1.807, 2.05) is 18.2 Å². The number of nitrogens with one attached hydrogen (secondary N) is 1. The van der Waals surface area contributed by atoms with E-state index < -0.39 is 30.1 Å². The van der Waals surface area contributed by atoms with E-state index in [1.165, 1.54) is 9.58 Å². The molecule has 10 nitrogen and oxygen atoms in total. The van der Waals surface area contributed by atoms with Crippen molar-refractivity contribution in [2.24, 2.45) is 0 Å². The Kier molecular flexibility index (Phi) is 7.17. The maximum absolute atomic E-state index is 14.4. The zero-order valence-corrected chi connectivity index (χ0v) is 22.3. The van der Waals surface area contributed by atoms with Crippen LogP contribution in [0.15, 0.2) is 53.4 Å². The Bertz CT molecular complexity index is 1510. The Balaban J connectivity index is 1.40. The molecule has 0 saturated carbocycles. The number of rotatable bonds is 6. The summed E-state index contributed by atoms with van der Waals surface area (Å²) in [5.41, 5.74) is 2.67. The first-order valence-electron chi connectivity index (χ1n) is 12.0. The molecule has 1 saturated heterocycles. The molecule has 0 spiro atoms. The lowest BCUT2D eigenvalue weighted by Crippen LogP contribution is -2.44. The van der Waals surface area contributed by atoms with Gasteiger partial charge in [0.1, 0.15) is 35.0 Å². The zero-order valence-electron chi connectivity index (χ0n) is 20.7. The molecule has 0 aliphatic carbocycles. The van der Waals surface area contributed by atoms with E-state index in [1.54, 1.807) is 44.4 Å². The fraction of sp³-hybridized carbons (Fsp3) is 0.308. The van der Waals surface area contributed by atoms with Gasteiger partial charge in [0.05, 0.1) is 23.9 Å². The van der Waals surface area contributed by atoms with E-state index in [9.17, 15) is 19.1 Å². The van der Waals surface area contributed by atoms with Crippen LogP contribution in [-0.4, -0.2) is 65.3 Å². The maximum Gasteiger partial charge on any atom is 0.248 e. The number of benzene rings is 1. The number of carbonyl (C=O) groups excluding carboxylic acids is 2. The number of amides is 2. The molecule has 3 atom stereocenters. The van der Waals surface area contributed by atoms with Crippen molar-refractivity contribution < 1.29 is 19.1 Å². The lowest BCUT2D eigenvalue weighted by atomic mass is 10.0. The molecule has 1 aliphatic rings. The minimum Gasteiger partial charge on any atom is -0.387 e. The quantitative estimate of drug-likeness (QED) is 0.333. The molecule has 2 amide bonds. The van der Waals surface area contributed by atoms with Crippen molar-refractivity contribution in [1.82, 2.24) is 29.6 Å². The van der Waals surface area contributed by atoms with Gasteiger partial charge in [-0.15, -0.1) is 0 Å². The summed E-state index contributed by atoms with van der Waals surface area (Å²) in [4.78, 5) is 40.2. The monoisotopic (exact) mass is 581 g/mol. The van der Waals surface area contributed by atoms with E-state index in [4.69, 9.17) is 0 Å². The van der Waals surface area contributed by atoms with Gasteiger partial charge in [-0.05, 0) is 59.6 Å². The van der Waals surface area contributed by atoms with Crippen LogP contribution in [0.4, 0.5) is 10.2 Å². The normalized spacial score (nSPS) is 18.1. The number of aliphatic hydroxyl groups is 1. The number of nitrogens with zero attached hydrogens (tertiary/aromatic N) is 6. The SMILES string of the molecule is Cc1ncc(-c2ccc3c(c2)c([C@@H](C)O)nn3CC(=O)N2CC(F)CC2C(=O)Nc2cccc(Br)n2)cn1. The Hall–Kier alpha value is -3.77. The minimum atomic E-state index is -1.33. The van der Waals surface area contributed by atoms with Gasteiger partial charge in [-0.25, -0.2) is 19.3 Å². The molecular weight excluding hydrogens is 557 g/mol. The van der Waals surface area contributed by atoms with Crippen LogP contribution >= 0.6 is 15.9 Å². The van der Waals surface area contributed by atoms with Crippen LogP contribution in [0.2, 0.25) is 0 Å². The molecule has 38 heavy (non-hydrogen) atoms. The molecular formula is C26H25BrFN7O3. The highest BCUT2D eigenvalue weighted by atomic mass is 79.9. The first-order chi connectivity index (χ1) is 18.2. The maximum atomic E-state index is 14.4. The molecule has 5 rings (SSSR count). The molecule has 0 radical (unpaired) electrons. The highest BCUT2D eigenvalue weighted by molar-refractivity contribution is 9.10. The number of anilines is 1. The van der Waals surface area contributed by atoms with Crippen LogP contribution in [0.1, 0.15) is 31.0 Å². The van der Waals surface area contributed by atoms with Crippen molar-refractivity contribution >= 4 is 44.5 Å². The number of aromatic nitrogens is 5. The van der Waals surface area contributed by atoms with Crippen LogP contribution in [0.25, 0.3) is 22.0 Å². The number of hydrogen-bond donors (Lipinski definition) is 2. The molecule has 1 fully saturated rings. The standard InChI is InChI=1S/C26H25BrFN7O3/c1-14(36)25-19-8-16(17-10-29-15(2)30-11-17)6-7-20(19)35(33-25)13-24(37)34-12-18(28)9-21(34)26(38)32-23-5-3-4-22(27)31-23/h3-8,10-11,14,18,21,36H,9,12-13H2,1-2H3,(H,31,32,38)/t14-,18?,21?/m1/s1. The summed E-state index contributed by atoms with van der Waals surface area (Å²) in [6, 6.07) is 9.59. The lowest BCUT2D eigenvalue weighted by Gasteiger charge is -2.23. The topological polar surface area (TPSA) is 126 Å². The van der Waals surface area contributed by atoms with Crippen molar-refractivity contribution in [1.29, 1.82) is 0 Å². The Labute approximate surface area is 226 Å². The summed E-state index contributed by atoms with van der Waals surface area (Å²) in [7, 11) is 0. The summed E-state index contributed by atoms with van der Waals surface area (Å²) in [6.45, 7) is 2.99. The summed E-state index contributed by atoms with van der Waals surface area (Å²) < 4.78 is 16.4. The molecule has 4 heterocycles. The van der Waals surface area contributed by atoms with Crippen LogP contribution in [0, 0.1) is 6.92 Å². The number of likely N-dealkylation sites (tertiary alicyclic amines) is 1. The van der Waals surface area contributed by atoms with Crippen LogP contribution in [0.5, 0.6) is 0 Å². The first-order valence-corrected chi connectivity index (χ1v) is 12.8. The van der Waals surface area contributed by atoms with E-state index >= 15 is 0 Å². The zero-order chi connectivity index (χ0) is 27.0. The fourth-order valence-corrected chi connectivity index (χ4v) is 4.91. The molecule has 3 aromatic heterocycles. The van der Waals surface area contributed by atoms with E-state index in [0.29, 0.717) is 32.8 Å². The van der Waals surface area contributed by atoms with Crippen molar-refractivity contribution in [3.05, 3.63) is 64.9 Å². The summed E-state index contributed by atoms with van der Waals surface area (Å²) in [5.74, 6) is -0.00855. The van der Waals surface area contributed by atoms with Gasteiger partial charge in [0.2, 0.25) is 11.8 Å². The Morgan fingerprint density at radius 3 is 2.68 bits per heavy atom. The predicted molar refractivity (Wildman–Crippen MR) is 142 cm³/mol. The predicted octanol–water partition coefficient (Wildman–Crippen LogP) is 3.59. The van der Waals surface area contributed by atoms with Gasteiger partial charge in [-0.3, -0.25) is 14.3 Å².